The molecule has 450 valence electrons. The number of ether oxygens (including phenoxy) is 3. The van der Waals surface area contributed by atoms with Gasteiger partial charge in [0.25, 0.3) is 0 Å². The van der Waals surface area contributed by atoms with Crippen LogP contribution in [0.4, 0.5) is 0 Å². The van der Waals surface area contributed by atoms with Crippen LogP contribution in [0.1, 0.15) is 303 Å². The number of carbonyl (C=O) groups excluding carboxylic acids is 3. The van der Waals surface area contributed by atoms with Crippen molar-refractivity contribution < 1.29 is 28.6 Å². The average molecular weight is 1100 g/mol. The molecule has 0 amide bonds. The van der Waals surface area contributed by atoms with Crippen molar-refractivity contribution in [2.24, 2.45) is 0 Å². The molecule has 0 aliphatic heterocycles. The van der Waals surface area contributed by atoms with E-state index in [2.05, 4.69) is 142 Å². The Kier molecular flexibility index (Phi) is 62.8. The van der Waals surface area contributed by atoms with Crippen molar-refractivity contribution >= 4 is 17.9 Å². The summed E-state index contributed by atoms with van der Waals surface area (Å²) in [6.07, 6.45) is 91.9. The Morgan fingerprint density at radius 3 is 0.797 bits per heavy atom. The molecule has 6 nitrogen and oxygen atoms in total. The lowest BCUT2D eigenvalue weighted by atomic mass is 10.1. The van der Waals surface area contributed by atoms with Crippen LogP contribution in [0.2, 0.25) is 0 Å². The maximum Gasteiger partial charge on any atom is 0.306 e. The van der Waals surface area contributed by atoms with Crippen LogP contribution in [0.5, 0.6) is 0 Å². The van der Waals surface area contributed by atoms with Crippen molar-refractivity contribution in [3.8, 4) is 0 Å². The van der Waals surface area contributed by atoms with E-state index in [4.69, 9.17) is 14.2 Å². The summed E-state index contributed by atoms with van der Waals surface area (Å²) in [5.74, 6) is -0.923. The number of carbonyl (C=O) groups is 3. The number of esters is 3. The van der Waals surface area contributed by atoms with Gasteiger partial charge in [-0.15, -0.1) is 0 Å². The standard InChI is InChI=1S/C73H122O6/c1-4-7-10-13-16-19-22-25-28-31-34-36-39-42-45-48-51-54-57-60-63-66-72(75)78-69-70(68-77-71(74)65-62-59-56-53-50-47-44-41-38-33-30-27-24-21-18-15-12-9-6-3)79-73(76)67-64-61-58-55-52-49-46-43-40-37-35-32-29-26-23-20-17-14-11-8-5-2/h7,10,16,18-19,21,23,25-28,30,32,34-36,38,41-42,45,70H,4-6,8-9,11-15,17,20,22,24,29,31,33,37,39-40,43-44,46-69H2,1-3H3/b10-7-,19-16-,21-18-,26-23-,28-25-,30-27-,35-32-,36-34-,41-38-,45-42-. The van der Waals surface area contributed by atoms with Crippen molar-refractivity contribution in [3.63, 3.8) is 0 Å². The summed E-state index contributed by atoms with van der Waals surface area (Å²) in [5.41, 5.74) is 0. The lowest BCUT2D eigenvalue weighted by molar-refractivity contribution is -0.167. The molecule has 0 bridgehead atoms. The number of hydrogen-bond donors (Lipinski definition) is 0. The molecule has 0 aromatic heterocycles. The van der Waals surface area contributed by atoms with Crippen LogP contribution in [0.15, 0.2) is 122 Å². The fraction of sp³-hybridized carbons (Fsp3) is 0.685. The largest absolute Gasteiger partial charge is 0.462 e. The number of rotatable bonds is 59. The molecule has 79 heavy (non-hydrogen) atoms. The molecule has 0 fully saturated rings. The normalized spacial score (nSPS) is 12.9. The first kappa shape index (κ1) is 74.8. The minimum atomic E-state index is -0.800. The molecule has 0 radical (unpaired) electrons. The first-order valence-electron chi connectivity index (χ1n) is 33.0. The predicted octanol–water partition coefficient (Wildman–Crippen LogP) is 22.8. The number of hydrogen-bond acceptors (Lipinski definition) is 6. The van der Waals surface area contributed by atoms with Crippen molar-refractivity contribution in [2.45, 2.75) is 309 Å². The molecule has 0 aliphatic rings. The third kappa shape index (κ3) is 64.5. The minimum absolute atomic E-state index is 0.0951. The van der Waals surface area contributed by atoms with Gasteiger partial charge >= 0.3 is 17.9 Å². The minimum Gasteiger partial charge on any atom is -0.462 e. The van der Waals surface area contributed by atoms with E-state index in [1.165, 1.54) is 128 Å². The molecule has 6 heteroatoms. The van der Waals surface area contributed by atoms with Gasteiger partial charge in [-0.2, -0.15) is 0 Å². The van der Waals surface area contributed by atoms with E-state index < -0.39 is 6.10 Å². The average Bonchev–Trinajstić information content (AvgIpc) is 3.45. The van der Waals surface area contributed by atoms with Gasteiger partial charge in [-0.05, 0) is 135 Å². The van der Waals surface area contributed by atoms with E-state index in [9.17, 15) is 14.4 Å². The van der Waals surface area contributed by atoms with Crippen LogP contribution >= 0.6 is 0 Å². The van der Waals surface area contributed by atoms with Gasteiger partial charge in [0.05, 0.1) is 0 Å². The zero-order chi connectivity index (χ0) is 57.1. The molecular weight excluding hydrogens is 973 g/mol. The molecule has 0 aromatic carbocycles. The van der Waals surface area contributed by atoms with Gasteiger partial charge in [0.2, 0.25) is 0 Å². The molecular formula is C73H122O6. The summed E-state index contributed by atoms with van der Waals surface area (Å²) < 4.78 is 16.9. The van der Waals surface area contributed by atoms with Crippen LogP contribution in [0, 0.1) is 0 Å². The summed E-state index contributed by atoms with van der Waals surface area (Å²) in [5, 5.41) is 0. The van der Waals surface area contributed by atoms with Gasteiger partial charge < -0.3 is 14.2 Å². The third-order valence-electron chi connectivity index (χ3n) is 13.9. The van der Waals surface area contributed by atoms with Gasteiger partial charge in [0.15, 0.2) is 6.10 Å². The van der Waals surface area contributed by atoms with Gasteiger partial charge in [0, 0.05) is 19.3 Å². The van der Waals surface area contributed by atoms with Crippen LogP contribution in [0.25, 0.3) is 0 Å². The smallest absolute Gasteiger partial charge is 0.306 e. The van der Waals surface area contributed by atoms with E-state index >= 15 is 0 Å². The van der Waals surface area contributed by atoms with E-state index in [1.807, 2.05) is 0 Å². The number of allylic oxidation sites excluding steroid dienone is 20. The molecule has 0 rings (SSSR count). The summed E-state index contributed by atoms with van der Waals surface area (Å²) in [6, 6.07) is 0. The summed E-state index contributed by atoms with van der Waals surface area (Å²) >= 11 is 0. The van der Waals surface area contributed by atoms with Gasteiger partial charge in [-0.25, -0.2) is 0 Å². The molecule has 0 saturated heterocycles. The second-order valence-electron chi connectivity index (χ2n) is 21.6. The zero-order valence-corrected chi connectivity index (χ0v) is 51.6. The molecule has 0 aliphatic carbocycles. The van der Waals surface area contributed by atoms with E-state index in [-0.39, 0.29) is 31.1 Å². The summed E-state index contributed by atoms with van der Waals surface area (Å²) in [4.78, 5) is 38.4. The second kappa shape index (κ2) is 66.3. The highest BCUT2D eigenvalue weighted by Crippen LogP contribution is 2.15. The molecule has 0 saturated carbocycles. The van der Waals surface area contributed by atoms with Crippen LogP contribution < -0.4 is 0 Å². The fourth-order valence-corrected chi connectivity index (χ4v) is 8.98. The molecule has 0 spiro atoms. The van der Waals surface area contributed by atoms with Crippen molar-refractivity contribution in [1.29, 1.82) is 0 Å². The van der Waals surface area contributed by atoms with Crippen LogP contribution in [-0.4, -0.2) is 37.2 Å². The Labute approximate surface area is 488 Å². The van der Waals surface area contributed by atoms with E-state index in [0.29, 0.717) is 19.3 Å². The fourth-order valence-electron chi connectivity index (χ4n) is 8.98. The molecule has 0 N–H and O–H groups in total. The zero-order valence-electron chi connectivity index (χ0n) is 51.6. The topological polar surface area (TPSA) is 78.9 Å². The maximum absolute atomic E-state index is 12.9. The van der Waals surface area contributed by atoms with Crippen molar-refractivity contribution in [3.05, 3.63) is 122 Å². The summed E-state index contributed by atoms with van der Waals surface area (Å²) in [7, 11) is 0. The maximum atomic E-state index is 12.9. The Bertz CT molecular complexity index is 1640. The van der Waals surface area contributed by atoms with E-state index in [0.717, 1.165) is 135 Å². The predicted molar refractivity (Wildman–Crippen MR) is 343 cm³/mol. The number of unbranched alkanes of at least 4 members (excludes halogenated alkanes) is 28. The van der Waals surface area contributed by atoms with Crippen LogP contribution in [0.3, 0.4) is 0 Å². The first-order valence-corrected chi connectivity index (χ1v) is 33.0. The van der Waals surface area contributed by atoms with Crippen molar-refractivity contribution in [2.75, 3.05) is 13.2 Å². The SMILES string of the molecule is CC/C=C\C/C=C\C/C=C\C/C=C\C/C=C\CCCCCCCC(=O)OCC(COC(=O)CCCCCCCC/C=C\C/C=C\C/C=C\CCCCC)OC(=O)CCCCCCCCCCC/C=C\C/C=C\CCCCCCC. The lowest BCUT2D eigenvalue weighted by Crippen LogP contribution is -2.30. The van der Waals surface area contributed by atoms with Gasteiger partial charge in [-0.1, -0.05) is 271 Å². The highest BCUT2D eigenvalue weighted by Gasteiger charge is 2.19. The Morgan fingerprint density at radius 1 is 0.266 bits per heavy atom. The molecule has 1 unspecified atom stereocenters. The van der Waals surface area contributed by atoms with Crippen molar-refractivity contribution in [1.82, 2.24) is 0 Å². The third-order valence-corrected chi connectivity index (χ3v) is 13.9. The van der Waals surface area contributed by atoms with Crippen LogP contribution in [-0.2, 0) is 28.6 Å². The Hall–Kier alpha value is -4.19. The lowest BCUT2D eigenvalue weighted by Gasteiger charge is -2.18. The van der Waals surface area contributed by atoms with Gasteiger partial charge in [-0.3, -0.25) is 14.4 Å². The highest BCUT2D eigenvalue weighted by molar-refractivity contribution is 5.71. The Morgan fingerprint density at radius 2 is 0.494 bits per heavy atom. The summed E-state index contributed by atoms with van der Waals surface area (Å²) in [6.45, 7) is 6.48. The monoisotopic (exact) mass is 1090 g/mol. The Balaban J connectivity index is 4.47. The van der Waals surface area contributed by atoms with E-state index in [1.54, 1.807) is 0 Å². The van der Waals surface area contributed by atoms with Gasteiger partial charge in [0.1, 0.15) is 13.2 Å². The quantitative estimate of drug-likeness (QED) is 0.0261. The second-order valence-corrected chi connectivity index (χ2v) is 21.6. The molecule has 0 heterocycles. The highest BCUT2D eigenvalue weighted by atomic mass is 16.6. The molecule has 1 atom stereocenters. The molecule has 0 aromatic rings. The first-order chi connectivity index (χ1) is 39.0.